The van der Waals surface area contributed by atoms with E-state index in [0.29, 0.717) is 18.1 Å². The summed E-state index contributed by atoms with van der Waals surface area (Å²) in [5.41, 5.74) is 0. The minimum absolute atomic E-state index is 0.667. The summed E-state index contributed by atoms with van der Waals surface area (Å²) in [6.07, 6.45) is -7.13. The second-order valence-electron chi connectivity index (χ2n) is 6.37. The summed E-state index contributed by atoms with van der Waals surface area (Å²) >= 11 is 0. The summed E-state index contributed by atoms with van der Waals surface area (Å²) in [5.74, 6) is -14.7. The molecule has 4 nitrogen and oxygen atoms in total. The Morgan fingerprint density at radius 3 is 1.04 bits per heavy atom. The Balaban J connectivity index is 0. The summed E-state index contributed by atoms with van der Waals surface area (Å²) in [5, 5.41) is -7.00. The zero-order valence-corrected chi connectivity index (χ0v) is 16.1. The van der Waals surface area contributed by atoms with Gasteiger partial charge in [-0.2, -0.15) is 47.9 Å². The predicted octanol–water partition coefficient (Wildman–Crippen LogP) is 4.81. The second kappa shape index (κ2) is 8.72. The van der Waals surface area contributed by atoms with Crippen molar-refractivity contribution in [3.63, 3.8) is 0 Å². The van der Waals surface area contributed by atoms with Gasteiger partial charge < -0.3 is 0 Å². The molecule has 14 heteroatoms. The number of halogens is 9. The van der Waals surface area contributed by atoms with Crippen molar-refractivity contribution in [2.24, 2.45) is 0 Å². The van der Waals surface area contributed by atoms with Crippen LogP contribution in [0.15, 0.2) is 0 Å². The summed E-state index contributed by atoms with van der Waals surface area (Å²) in [4.78, 5) is 2.50. The van der Waals surface area contributed by atoms with Gasteiger partial charge in [0.2, 0.25) is 0 Å². The second-order valence-corrected chi connectivity index (χ2v) is 7.83. The monoisotopic (exact) mass is 443 g/mol. The predicted molar refractivity (Wildman–Crippen MR) is 79.7 cm³/mol. The fourth-order valence-electron chi connectivity index (χ4n) is 2.31. The fraction of sp³-hybridized carbons (Fsp3) is 1.00. The molecule has 1 N–H and O–H groups in total. The number of hydrogen-bond acceptors (Lipinski definition) is 3. The first kappa shape index (κ1) is 28.4. The van der Waals surface area contributed by atoms with E-state index >= 15 is 0 Å². The van der Waals surface area contributed by atoms with E-state index in [4.69, 9.17) is 4.55 Å². The lowest BCUT2D eigenvalue weighted by molar-refractivity contribution is -0.382. The van der Waals surface area contributed by atoms with E-state index in [2.05, 4.69) is 46.4 Å². The lowest BCUT2D eigenvalue weighted by atomic mass is 10.1. The van der Waals surface area contributed by atoms with Crippen LogP contribution in [0.25, 0.3) is 0 Å². The SMILES string of the molecule is CC(C)N(C(C)C)C(C)C.O=S(=O)(O)C(F)(F)C(F)(F)C(F)(F)C(F)(F)F. The zero-order valence-electron chi connectivity index (χ0n) is 15.3. The molecule has 0 saturated heterocycles. The Hall–Kier alpha value is -0.760. The van der Waals surface area contributed by atoms with Crippen molar-refractivity contribution in [2.45, 2.75) is 82.9 Å². The minimum Gasteiger partial charge on any atom is -0.296 e. The molecule has 0 aromatic carbocycles. The van der Waals surface area contributed by atoms with Crippen molar-refractivity contribution in [3.8, 4) is 0 Å². The van der Waals surface area contributed by atoms with Crippen LogP contribution in [0.3, 0.4) is 0 Å². The molecule has 0 unspecified atom stereocenters. The van der Waals surface area contributed by atoms with E-state index in [1.807, 2.05) is 0 Å². The van der Waals surface area contributed by atoms with Gasteiger partial charge >= 0.3 is 33.4 Å². The van der Waals surface area contributed by atoms with Crippen molar-refractivity contribution in [1.29, 1.82) is 0 Å². The van der Waals surface area contributed by atoms with Crippen LogP contribution in [0.1, 0.15) is 41.5 Å². The lowest BCUT2D eigenvalue weighted by Gasteiger charge is -2.34. The van der Waals surface area contributed by atoms with Crippen molar-refractivity contribution >= 4 is 10.1 Å². The highest BCUT2D eigenvalue weighted by atomic mass is 32.2. The third-order valence-electron chi connectivity index (χ3n) is 3.23. The Morgan fingerprint density at radius 1 is 0.667 bits per heavy atom. The highest BCUT2D eigenvalue weighted by Crippen LogP contribution is 2.54. The maximum absolute atomic E-state index is 12.2. The summed E-state index contributed by atoms with van der Waals surface area (Å²) < 4.78 is 134. The number of alkyl halides is 9. The van der Waals surface area contributed by atoms with Crippen LogP contribution in [0.4, 0.5) is 39.5 Å². The largest absolute Gasteiger partial charge is 0.460 e. The Morgan fingerprint density at radius 2 is 0.926 bits per heavy atom. The van der Waals surface area contributed by atoms with E-state index in [1.54, 1.807) is 0 Å². The van der Waals surface area contributed by atoms with Gasteiger partial charge in [0, 0.05) is 18.1 Å². The number of nitrogens with zero attached hydrogens (tertiary/aromatic N) is 1. The molecule has 0 fully saturated rings. The van der Waals surface area contributed by atoms with Gasteiger partial charge in [-0.15, -0.1) is 0 Å². The van der Waals surface area contributed by atoms with Gasteiger partial charge in [-0.3, -0.25) is 9.45 Å². The van der Waals surface area contributed by atoms with E-state index < -0.39 is 33.4 Å². The lowest BCUT2D eigenvalue weighted by Crippen LogP contribution is -2.63. The molecule has 0 saturated carbocycles. The van der Waals surface area contributed by atoms with Crippen LogP contribution in [0, 0.1) is 0 Å². The minimum atomic E-state index is -7.37. The molecule has 0 atom stereocenters. The molecule has 0 radical (unpaired) electrons. The highest BCUT2D eigenvalue weighted by Gasteiger charge is 2.85. The Labute approximate surface area is 151 Å². The van der Waals surface area contributed by atoms with Crippen molar-refractivity contribution in [1.82, 2.24) is 4.90 Å². The molecule has 0 rings (SSSR count). The van der Waals surface area contributed by atoms with Gasteiger partial charge in [0.05, 0.1) is 0 Å². The molecule has 0 aromatic rings. The van der Waals surface area contributed by atoms with E-state index in [0.717, 1.165) is 0 Å². The summed E-state index contributed by atoms with van der Waals surface area (Å²) in [6, 6.07) is 2.00. The molecule has 27 heavy (non-hydrogen) atoms. The Kier molecular flexibility index (Phi) is 9.19. The normalized spacial score (nSPS) is 14.8. The molecule has 0 heterocycles. The third-order valence-corrected chi connectivity index (χ3v) is 4.13. The Bertz CT molecular complexity index is 553. The maximum atomic E-state index is 12.2. The first-order chi connectivity index (χ1) is 11.5. The van der Waals surface area contributed by atoms with Crippen molar-refractivity contribution in [2.75, 3.05) is 0 Å². The van der Waals surface area contributed by atoms with Gasteiger partial charge in [0.15, 0.2) is 0 Å². The smallest absolute Gasteiger partial charge is 0.296 e. The molecule has 0 amide bonds. The van der Waals surface area contributed by atoms with Gasteiger partial charge in [0.1, 0.15) is 0 Å². The third kappa shape index (κ3) is 6.11. The van der Waals surface area contributed by atoms with Crippen LogP contribution in [0.5, 0.6) is 0 Å². The quantitative estimate of drug-likeness (QED) is 0.473. The van der Waals surface area contributed by atoms with Crippen molar-refractivity contribution < 1.29 is 52.5 Å². The summed E-state index contributed by atoms with van der Waals surface area (Å²) in [7, 11) is -7.17. The topological polar surface area (TPSA) is 57.6 Å². The molecule has 0 aliphatic heterocycles. The fourth-order valence-corrected chi connectivity index (χ4v) is 2.76. The van der Waals surface area contributed by atoms with E-state index in [1.165, 1.54) is 0 Å². The molecular formula is C13H22F9NO3S. The molecule has 0 spiro atoms. The number of hydrogen-bond donors (Lipinski definition) is 1. The van der Waals surface area contributed by atoms with Crippen LogP contribution >= 0.6 is 0 Å². The molecule has 0 bridgehead atoms. The molecule has 0 aliphatic rings. The van der Waals surface area contributed by atoms with Crippen LogP contribution in [-0.4, -0.2) is 59.3 Å². The van der Waals surface area contributed by atoms with Crippen LogP contribution < -0.4 is 0 Å². The molecule has 166 valence electrons. The van der Waals surface area contributed by atoms with E-state index in [9.17, 15) is 47.9 Å². The van der Waals surface area contributed by atoms with Gasteiger partial charge in [-0.1, -0.05) is 0 Å². The molecule has 0 aromatic heterocycles. The van der Waals surface area contributed by atoms with Crippen LogP contribution in [-0.2, 0) is 10.1 Å². The van der Waals surface area contributed by atoms with Crippen molar-refractivity contribution in [3.05, 3.63) is 0 Å². The number of rotatable bonds is 6. The molecular weight excluding hydrogens is 421 g/mol. The standard InChI is InChI=1S/C9H21N.C4HF9O3S/c1-7(2)10(8(3)4)9(5)6;5-1(6,3(9,10)11)2(7,8)4(12,13)17(14,15)16/h7-9H,1-6H3;(H,14,15,16). The highest BCUT2D eigenvalue weighted by molar-refractivity contribution is 7.87. The summed E-state index contributed by atoms with van der Waals surface area (Å²) in [6.45, 7) is 13.5. The average molecular weight is 443 g/mol. The first-order valence-corrected chi connectivity index (χ1v) is 8.85. The van der Waals surface area contributed by atoms with Gasteiger partial charge in [-0.25, -0.2) is 0 Å². The first-order valence-electron chi connectivity index (χ1n) is 7.41. The zero-order chi connectivity index (χ0) is 22.8. The molecule has 0 aliphatic carbocycles. The van der Waals surface area contributed by atoms with Gasteiger partial charge in [-0.05, 0) is 41.5 Å². The van der Waals surface area contributed by atoms with Crippen LogP contribution in [0.2, 0.25) is 0 Å². The maximum Gasteiger partial charge on any atom is 0.460 e. The van der Waals surface area contributed by atoms with Gasteiger partial charge in [0.25, 0.3) is 0 Å². The van der Waals surface area contributed by atoms with E-state index in [-0.39, 0.29) is 0 Å². The average Bonchev–Trinajstić information content (AvgIpc) is 2.34.